The summed E-state index contributed by atoms with van der Waals surface area (Å²) in [6, 6.07) is 0. The molecule has 2 fully saturated rings. The third-order valence-corrected chi connectivity index (χ3v) is 7.34. The molecule has 1 saturated carbocycles. The molecule has 0 spiro atoms. The minimum atomic E-state index is 0. The summed E-state index contributed by atoms with van der Waals surface area (Å²) in [5.41, 5.74) is 0. The maximum atomic E-state index is 2.56. The van der Waals surface area contributed by atoms with E-state index < -0.39 is 0 Å². The molecule has 0 aromatic carbocycles. The Morgan fingerprint density at radius 3 is 2.22 bits per heavy atom. The van der Waals surface area contributed by atoms with Crippen LogP contribution in [0.15, 0.2) is 0 Å². The summed E-state index contributed by atoms with van der Waals surface area (Å²) in [4.78, 5) is 0. The second-order valence-electron chi connectivity index (χ2n) is 8.46. The van der Waals surface area contributed by atoms with Crippen LogP contribution in [-0.2, 0) is 0 Å². The van der Waals surface area contributed by atoms with E-state index in [2.05, 4.69) is 41.5 Å². The van der Waals surface area contributed by atoms with Crippen molar-refractivity contribution in [3.63, 3.8) is 0 Å². The van der Waals surface area contributed by atoms with Crippen molar-refractivity contribution >= 4 is 6.71 Å². The summed E-state index contributed by atoms with van der Waals surface area (Å²) >= 11 is 0. The van der Waals surface area contributed by atoms with Crippen LogP contribution < -0.4 is 18.9 Å². The van der Waals surface area contributed by atoms with Gasteiger partial charge in [0.25, 0.3) is 0 Å². The van der Waals surface area contributed by atoms with Crippen LogP contribution in [0.4, 0.5) is 0 Å². The van der Waals surface area contributed by atoms with Gasteiger partial charge in [0.05, 0.1) is 0 Å². The SMILES string of the molecule is CC1C[BH-](C(C)(C)C(C)C)C2CC1CCC2C.[Li+]. The van der Waals surface area contributed by atoms with E-state index in [4.69, 9.17) is 0 Å². The van der Waals surface area contributed by atoms with Gasteiger partial charge in [-0.1, -0.05) is 78.6 Å². The molecule has 0 aromatic heterocycles. The Kier molecular flexibility index (Phi) is 5.54. The number of hydrogen-bond acceptors (Lipinski definition) is 0. The molecule has 0 nitrogen and oxygen atoms in total. The molecule has 2 aliphatic rings. The summed E-state index contributed by atoms with van der Waals surface area (Å²) in [6.07, 6.45) is 6.17. The predicted molar refractivity (Wildman–Crippen MR) is 80.3 cm³/mol. The molecule has 0 aromatic rings. The molecule has 100 valence electrons. The van der Waals surface area contributed by atoms with Crippen LogP contribution in [-0.4, -0.2) is 6.71 Å². The third-order valence-electron chi connectivity index (χ3n) is 7.34. The fourth-order valence-electron chi connectivity index (χ4n) is 5.17. The van der Waals surface area contributed by atoms with Crippen molar-refractivity contribution in [2.75, 3.05) is 0 Å². The van der Waals surface area contributed by atoms with Crippen LogP contribution in [0.1, 0.15) is 60.8 Å². The minimum Gasteiger partial charge on any atom is -0.178 e. The first-order valence-corrected chi connectivity index (χ1v) is 8.07. The van der Waals surface area contributed by atoms with Gasteiger partial charge in [-0.15, -0.1) is 0 Å². The molecule has 1 aliphatic heterocycles. The Hall–Kier alpha value is 0.662. The maximum absolute atomic E-state index is 2.56. The van der Waals surface area contributed by atoms with E-state index in [1.54, 1.807) is 12.7 Å². The van der Waals surface area contributed by atoms with Crippen LogP contribution in [0, 0.1) is 23.7 Å². The van der Waals surface area contributed by atoms with Crippen molar-refractivity contribution < 1.29 is 18.9 Å². The molecule has 1 heterocycles. The largest absolute Gasteiger partial charge is 1.00 e. The van der Waals surface area contributed by atoms with E-state index in [1.165, 1.54) is 12.8 Å². The maximum Gasteiger partial charge on any atom is 1.00 e. The van der Waals surface area contributed by atoms with Crippen LogP contribution in [0.25, 0.3) is 0 Å². The molecule has 2 rings (SSSR count). The Balaban J connectivity index is 0.00000162. The first-order valence-electron chi connectivity index (χ1n) is 8.07. The quantitative estimate of drug-likeness (QED) is 0.650. The zero-order valence-corrected chi connectivity index (χ0v) is 13.9. The van der Waals surface area contributed by atoms with Crippen molar-refractivity contribution in [3.8, 4) is 0 Å². The normalized spacial score (nSPS) is 40.5. The average molecular weight is 242 g/mol. The molecule has 0 radical (unpaired) electrons. The van der Waals surface area contributed by atoms with Gasteiger partial charge in [-0.3, -0.25) is 0 Å². The number of rotatable bonds is 2. The molecular weight excluding hydrogens is 210 g/mol. The van der Waals surface area contributed by atoms with Crippen LogP contribution in [0.3, 0.4) is 0 Å². The summed E-state index contributed by atoms with van der Waals surface area (Å²) < 4.78 is 0. The fourth-order valence-corrected chi connectivity index (χ4v) is 5.17. The van der Waals surface area contributed by atoms with Gasteiger partial charge in [0, 0.05) is 0 Å². The van der Waals surface area contributed by atoms with Gasteiger partial charge in [-0.05, 0) is 12.6 Å². The fraction of sp³-hybridized carbons (Fsp3) is 1.00. The minimum absolute atomic E-state index is 0. The molecule has 2 bridgehead atoms. The molecule has 1 saturated heterocycles. The topological polar surface area (TPSA) is 0 Å². The first-order chi connectivity index (χ1) is 7.84. The van der Waals surface area contributed by atoms with Crippen molar-refractivity contribution in [2.24, 2.45) is 23.7 Å². The second kappa shape index (κ2) is 5.97. The van der Waals surface area contributed by atoms with Gasteiger partial charge >= 0.3 is 18.9 Å². The van der Waals surface area contributed by atoms with Gasteiger partial charge in [-0.2, -0.15) is 17.5 Å². The van der Waals surface area contributed by atoms with Crippen LogP contribution in [0.2, 0.25) is 17.5 Å². The predicted octanol–water partition coefficient (Wildman–Crippen LogP) is 2.11. The second-order valence-corrected chi connectivity index (χ2v) is 8.46. The number of hydrogen-bond donors (Lipinski definition) is 0. The molecule has 1 aliphatic carbocycles. The molecule has 0 amide bonds. The Labute approximate surface area is 127 Å². The van der Waals surface area contributed by atoms with Crippen molar-refractivity contribution in [2.45, 2.75) is 78.3 Å². The third kappa shape index (κ3) is 2.88. The van der Waals surface area contributed by atoms with E-state index in [0.717, 1.165) is 29.5 Å². The number of fused-ring (bicyclic) bond motifs is 2. The molecule has 18 heavy (non-hydrogen) atoms. The summed E-state index contributed by atoms with van der Waals surface area (Å²) in [6.45, 7) is 15.1. The van der Waals surface area contributed by atoms with Gasteiger partial charge < -0.3 is 0 Å². The smallest absolute Gasteiger partial charge is 0.178 e. The van der Waals surface area contributed by atoms with Crippen LogP contribution in [0.5, 0.6) is 0 Å². The summed E-state index contributed by atoms with van der Waals surface area (Å²) in [5.74, 6) is 5.04. The van der Waals surface area contributed by atoms with E-state index in [0.29, 0.717) is 5.31 Å². The average Bonchev–Trinajstić information content (AvgIpc) is 2.26. The zero-order valence-electron chi connectivity index (χ0n) is 13.9. The standard InChI is InChI=1S/C16H32B.Li/c1-11(2)16(5,6)17-10-13(4)14-8-7-12(3)15(17)9-14;/h11-15,17H,7-10H2,1-6H3;/q-1;+1. The molecule has 0 N–H and O–H groups in total. The van der Waals surface area contributed by atoms with Crippen molar-refractivity contribution in [1.82, 2.24) is 0 Å². The van der Waals surface area contributed by atoms with Gasteiger partial charge in [0.15, 0.2) is 0 Å². The summed E-state index contributed by atoms with van der Waals surface area (Å²) in [7, 11) is 0. The van der Waals surface area contributed by atoms with E-state index in [1.807, 2.05) is 0 Å². The van der Waals surface area contributed by atoms with E-state index >= 15 is 0 Å². The monoisotopic (exact) mass is 242 g/mol. The molecular formula is C16H32BLi. The molecule has 2 heteroatoms. The van der Waals surface area contributed by atoms with Gasteiger partial charge in [0.2, 0.25) is 0 Å². The van der Waals surface area contributed by atoms with Crippen molar-refractivity contribution in [1.29, 1.82) is 0 Å². The van der Waals surface area contributed by atoms with Gasteiger partial charge in [0.1, 0.15) is 0 Å². The van der Waals surface area contributed by atoms with Crippen LogP contribution >= 0.6 is 0 Å². The Morgan fingerprint density at radius 2 is 1.67 bits per heavy atom. The molecule has 5 unspecified atom stereocenters. The van der Waals surface area contributed by atoms with E-state index in [9.17, 15) is 0 Å². The van der Waals surface area contributed by atoms with E-state index in [-0.39, 0.29) is 25.6 Å². The Morgan fingerprint density at radius 1 is 1.06 bits per heavy atom. The zero-order chi connectivity index (χ0) is 12.8. The summed E-state index contributed by atoms with van der Waals surface area (Å²) in [5, 5.41) is 0.607. The first kappa shape index (κ1) is 16.7. The van der Waals surface area contributed by atoms with Crippen molar-refractivity contribution in [3.05, 3.63) is 0 Å². The van der Waals surface area contributed by atoms with Gasteiger partial charge in [-0.25, -0.2) is 0 Å². The Bertz CT molecular complexity index is 274. The molecule has 5 atom stereocenters.